The van der Waals surface area contributed by atoms with E-state index in [9.17, 15) is 53.1 Å². The van der Waals surface area contributed by atoms with Gasteiger partial charge in [0.1, 0.15) is 0 Å². The fourth-order valence-electron chi connectivity index (χ4n) is 2.47. The maximum Gasteiger partial charge on any atom is 0.384 e. The van der Waals surface area contributed by atoms with Crippen molar-refractivity contribution in [2.24, 2.45) is 0 Å². The molecule has 0 unspecified atom stereocenters. The molecule has 1 heterocycles. The Balaban J connectivity index is 2.71. The van der Waals surface area contributed by atoms with Crippen molar-refractivity contribution >= 4 is 5.91 Å². The van der Waals surface area contributed by atoms with Gasteiger partial charge in [-0.2, -0.15) is 43.9 Å². The fourth-order valence-corrected chi connectivity index (χ4v) is 2.47. The third-order valence-corrected chi connectivity index (χ3v) is 4.04. The van der Waals surface area contributed by atoms with Crippen LogP contribution in [0.15, 0.2) is 0 Å². The molecule has 2 rings (SSSR count). The van der Waals surface area contributed by atoms with Crippen LogP contribution in [-0.4, -0.2) is 72.4 Å². The minimum absolute atomic E-state index is 0.194. The fraction of sp³-hybridized carbons (Fsp3) is 0.909. The van der Waals surface area contributed by atoms with Crippen molar-refractivity contribution in [3.05, 3.63) is 0 Å². The van der Waals surface area contributed by atoms with E-state index in [0.29, 0.717) is 0 Å². The van der Waals surface area contributed by atoms with Crippen LogP contribution < -0.4 is 0 Å². The highest BCUT2D eigenvalue weighted by atomic mass is 19.4. The molecule has 1 saturated heterocycles. The third kappa shape index (κ3) is 1.94. The highest BCUT2D eigenvalue weighted by molar-refractivity contribution is 5.89. The molecule has 0 aromatic rings. The molecule has 1 aliphatic heterocycles. The van der Waals surface area contributed by atoms with Crippen LogP contribution in [0.25, 0.3) is 0 Å². The van der Waals surface area contributed by atoms with Crippen molar-refractivity contribution in [1.82, 2.24) is 4.90 Å². The number of rotatable bonds is 1. The Labute approximate surface area is 131 Å². The zero-order chi connectivity index (χ0) is 19.7. The molecule has 146 valence electrons. The minimum atomic E-state index is -7.33. The Bertz CT molecular complexity index is 540. The molecule has 0 atom stereocenters. The Kier molecular flexibility index (Phi) is 4.07. The van der Waals surface area contributed by atoms with E-state index in [1.54, 1.807) is 0 Å². The first-order chi connectivity index (χ1) is 11.0. The smallest absolute Gasteiger partial charge is 0.378 e. The van der Waals surface area contributed by atoms with Crippen LogP contribution in [0.3, 0.4) is 0 Å². The topological polar surface area (TPSA) is 29.5 Å². The summed E-state index contributed by atoms with van der Waals surface area (Å²) in [5.74, 6) is -39.3. The Morgan fingerprint density at radius 2 is 0.960 bits per heavy atom. The molecule has 25 heavy (non-hydrogen) atoms. The Hall–Kier alpha value is -1.34. The van der Waals surface area contributed by atoms with Crippen LogP contribution in [0.4, 0.5) is 48.3 Å². The lowest BCUT2D eigenvalue weighted by Crippen LogP contribution is -2.86. The zero-order valence-corrected chi connectivity index (χ0v) is 11.7. The van der Waals surface area contributed by atoms with Gasteiger partial charge in [-0.1, -0.05) is 0 Å². The van der Waals surface area contributed by atoms with Crippen LogP contribution in [0.5, 0.6) is 0 Å². The number of nitrogens with zero attached hydrogens (tertiary/aromatic N) is 1. The maximum atomic E-state index is 14.4. The van der Waals surface area contributed by atoms with Crippen molar-refractivity contribution in [2.45, 2.75) is 35.3 Å². The number of hydrogen-bond acceptors (Lipinski definition) is 2. The van der Waals surface area contributed by atoms with Crippen molar-refractivity contribution in [1.29, 1.82) is 0 Å². The molecule has 0 bridgehead atoms. The van der Waals surface area contributed by atoms with Crippen molar-refractivity contribution in [3.8, 4) is 0 Å². The summed E-state index contributed by atoms with van der Waals surface area (Å²) in [7, 11) is 0. The number of alkyl halides is 11. The molecule has 1 saturated carbocycles. The highest BCUT2D eigenvalue weighted by Gasteiger charge is 3.03. The first kappa shape index (κ1) is 20.0. The molecular weight excluding hydrogens is 387 g/mol. The van der Waals surface area contributed by atoms with E-state index >= 15 is 0 Å². The second kappa shape index (κ2) is 5.10. The van der Waals surface area contributed by atoms with Gasteiger partial charge in [-0.05, 0) is 0 Å². The van der Waals surface area contributed by atoms with Gasteiger partial charge in [-0.25, -0.2) is 4.39 Å². The molecule has 1 amide bonds. The van der Waals surface area contributed by atoms with E-state index < -0.39 is 67.5 Å². The zero-order valence-electron chi connectivity index (χ0n) is 11.7. The molecular formula is C11H8F11NO2. The average Bonchev–Trinajstić information content (AvgIpc) is 2.52. The van der Waals surface area contributed by atoms with Gasteiger partial charge in [0.2, 0.25) is 0 Å². The normalized spacial score (nSPS) is 31.4. The van der Waals surface area contributed by atoms with E-state index in [4.69, 9.17) is 0 Å². The minimum Gasteiger partial charge on any atom is -0.378 e. The SMILES string of the molecule is O=C(N1CCOCC1)C1(F)C(F)(F)C(F)(F)C(F)(F)C(F)(F)C1(F)F. The number of amides is 1. The lowest BCUT2D eigenvalue weighted by molar-refractivity contribution is -0.477. The van der Waals surface area contributed by atoms with Crippen LogP contribution >= 0.6 is 0 Å². The van der Waals surface area contributed by atoms with Crippen LogP contribution in [0.2, 0.25) is 0 Å². The standard InChI is InChI=1S/C11H8F11NO2/c12-6(5(24)23-1-3-25-4-2-23)7(13,14)9(17,18)11(21,22)10(19,20)8(6,15)16/h1-4H2. The number of hydrogen-bond donors (Lipinski definition) is 0. The van der Waals surface area contributed by atoms with Gasteiger partial charge >= 0.3 is 35.3 Å². The van der Waals surface area contributed by atoms with Crippen LogP contribution in [0, 0.1) is 0 Å². The quantitative estimate of drug-likeness (QED) is 0.640. The van der Waals surface area contributed by atoms with Gasteiger partial charge in [0.25, 0.3) is 5.91 Å². The van der Waals surface area contributed by atoms with Gasteiger partial charge in [-0.15, -0.1) is 0 Å². The van der Waals surface area contributed by atoms with E-state index in [-0.39, 0.29) is 4.90 Å². The summed E-state index contributed by atoms with van der Waals surface area (Å²) < 4.78 is 153. The summed E-state index contributed by atoms with van der Waals surface area (Å²) in [5, 5.41) is 0. The summed E-state index contributed by atoms with van der Waals surface area (Å²) in [6.07, 6.45) is 0. The lowest BCUT2D eigenvalue weighted by Gasteiger charge is -2.52. The van der Waals surface area contributed by atoms with Gasteiger partial charge in [0.15, 0.2) is 0 Å². The van der Waals surface area contributed by atoms with Crippen molar-refractivity contribution in [2.75, 3.05) is 26.3 Å². The van der Waals surface area contributed by atoms with E-state index in [0.717, 1.165) is 0 Å². The number of carbonyl (C=O) groups excluding carboxylic acids is 1. The summed E-state index contributed by atoms with van der Waals surface area (Å²) in [5.41, 5.74) is -6.61. The molecule has 3 nitrogen and oxygen atoms in total. The predicted octanol–water partition coefficient (Wildman–Crippen LogP) is 2.74. The maximum absolute atomic E-state index is 14.4. The Morgan fingerprint density at radius 3 is 1.32 bits per heavy atom. The molecule has 2 aliphatic rings. The third-order valence-electron chi connectivity index (χ3n) is 4.04. The number of carbonyl (C=O) groups is 1. The average molecular weight is 395 g/mol. The number of morpholine rings is 1. The summed E-state index contributed by atoms with van der Waals surface area (Å²) in [4.78, 5) is 11.5. The molecule has 0 aromatic carbocycles. The molecule has 2 fully saturated rings. The molecule has 0 spiro atoms. The summed E-state index contributed by atoms with van der Waals surface area (Å²) in [6.45, 7) is -2.79. The lowest BCUT2D eigenvalue weighted by atomic mass is 9.71. The summed E-state index contributed by atoms with van der Waals surface area (Å²) >= 11 is 0. The van der Waals surface area contributed by atoms with Crippen LogP contribution in [0.1, 0.15) is 0 Å². The molecule has 1 aliphatic carbocycles. The van der Waals surface area contributed by atoms with Gasteiger partial charge < -0.3 is 9.64 Å². The molecule has 14 heteroatoms. The molecule has 0 aromatic heterocycles. The van der Waals surface area contributed by atoms with E-state index in [1.807, 2.05) is 0 Å². The largest absolute Gasteiger partial charge is 0.384 e. The first-order valence-electron chi connectivity index (χ1n) is 6.47. The molecule has 0 radical (unpaired) electrons. The van der Waals surface area contributed by atoms with E-state index in [2.05, 4.69) is 4.74 Å². The van der Waals surface area contributed by atoms with Crippen LogP contribution in [-0.2, 0) is 9.53 Å². The second-order valence-corrected chi connectivity index (χ2v) is 5.44. The predicted molar refractivity (Wildman–Crippen MR) is 56.0 cm³/mol. The van der Waals surface area contributed by atoms with Gasteiger partial charge in [0.05, 0.1) is 13.2 Å². The highest BCUT2D eigenvalue weighted by Crippen LogP contribution is 2.69. The first-order valence-corrected chi connectivity index (χ1v) is 6.47. The van der Waals surface area contributed by atoms with Gasteiger partial charge in [0, 0.05) is 13.1 Å². The van der Waals surface area contributed by atoms with Crippen molar-refractivity contribution < 1.29 is 57.8 Å². The monoisotopic (exact) mass is 395 g/mol. The second-order valence-electron chi connectivity index (χ2n) is 5.44. The number of ether oxygens (including phenoxy) is 1. The van der Waals surface area contributed by atoms with E-state index in [1.165, 1.54) is 0 Å². The van der Waals surface area contributed by atoms with Crippen molar-refractivity contribution in [3.63, 3.8) is 0 Å². The summed E-state index contributed by atoms with van der Waals surface area (Å²) in [6, 6.07) is 0. The van der Waals surface area contributed by atoms with Gasteiger partial charge in [-0.3, -0.25) is 4.79 Å². The Morgan fingerprint density at radius 1 is 0.640 bits per heavy atom. The number of halogens is 11. The molecule has 0 N–H and O–H groups in total.